The summed E-state index contributed by atoms with van der Waals surface area (Å²) in [5, 5.41) is 0. The molecule has 2 atom stereocenters. The highest BCUT2D eigenvalue weighted by atomic mass is 16.3. The summed E-state index contributed by atoms with van der Waals surface area (Å²) in [6, 6.07) is 12.6. The standard InChI is InChI=1S/C20H22N2O2/c23-20(18-9-12-24-15-18)22-13-17-8-11-21(19(17)14-22)10-4-7-16-5-2-1-3-6-16/h1-7,9,12,15,17,19H,8,10-11,13-14H2/b7-4+/t17-,19+/m0/s1. The van der Waals surface area contributed by atoms with Gasteiger partial charge < -0.3 is 9.32 Å². The van der Waals surface area contributed by atoms with Gasteiger partial charge in [-0.25, -0.2) is 0 Å². The molecule has 2 fully saturated rings. The number of carbonyl (C=O) groups excluding carboxylic acids is 1. The summed E-state index contributed by atoms with van der Waals surface area (Å²) in [6.45, 7) is 3.77. The number of carbonyl (C=O) groups is 1. The van der Waals surface area contributed by atoms with E-state index in [1.54, 1.807) is 12.3 Å². The normalized spacial score (nSPS) is 23.9. The van der Waals surface area contributed by atoms with Gasteiger partial charge in [0, 0.05) is 25.7 Å². The molecule has 0 aliphatic carbocycles. The van der Waals surface area contributed by atoms with Crippen molar-refractivity contribution >= 4 is 12.0 Å². The lowest BCUT2D eigenvalue weighted by Gasteiger charge is -2.23. The van der Waals surface area contributed by atoms with E-state index >= 15 is 0 Å². The Hall–Kier alpha value is -2.33. The van der Waals surface area contributed by atoms with Crippen LogP contribution in [0.4, 0.5) is 0 Å². The van der Waals surface area contributed by atoms with Crippen molar-refractivity contribution < 1.29 is 9.21 Å². The Bertz CT molecular complexity index is 709. The zero-order valence-corrected chi connectivity index (χ0v) is 13.7. The van der Waals surface area contributed by atoms with Crippen molar-refractivity contribution in [3.8, 4) is 0 Å². The molecule has 4 heteroatoms. The van der Waals surface area contributed by atoms with E-state index in [4.69, 9.17) is 4.42 Å². The fourth-order valence-electron chi connectivity index (χ4n) is 3.90. The second-order valence-corrected chi connectivity index (χ2v) is 6.65. The van der Waals surface area contributed by atoms with Gasteiger partial charge >= 0.3 is 0 Å². The Balaban J connectivity index is 1.36. The first-order valence-corrected chi connectivity index (χ1v) is 8.58. The molecule has 2 aromatic rings. The molecule has 0 spiro atoms. The molecule has 0 unspecified atom stereocenters. The third-order valence-electron chi connectivity index (χ3n) is 5.17. The maximum Gasteiger partial charge on any atom is 0.257 e. The van der Waals surface area contributed by atoms with Gasteiger partial charge in [0.2, 0.25) is 0 Å². The predicted molar refractivity (Wildman–Crippen MR) is 93.6 cm³/mol. The average Bonchev–Trinajstić information content (AvgIpc) is 3.33. The number of nitrogens with zero attached hydrogens (tertiary/aromatic N) is 2. The molecule has 1 amide bonds. The third-order valence-corrected chi connectivity index (χ3v) is 5.17. The summed E-state index contributed by atoms with van der Waals surface area (Å²) in [4.78, 5) is 17.0. The fraction of sp³-hybridized carbons (Fsp3) is 0.350. The second-order valence-electron chi connectivity index (χ2n) is 6.65. The van der Waals surface area contributed by atoms with Crippen molar-refractivity contribution in [1.82, 2.24) is 9.80 Å². The lowest BCUT2D eigenvalue weighted by atomic mass is 10.1. The third kappa shape index (κ3) is 3.02. The molecule has 3 heterocycles. The Morgan fingerprint density at radius 3 is 2.88 bits per heavy atom. The van der Waals surface area contributed by atoms with Crippen LogP contribution in [0.2, 0.25) is 0 Å². The Morgan fingerprint density at radius 2 is 2.08 bits per heavy atom. The van der Waals surface area contributed by atoms with Crippen LogP contribution in [0.5, 0.6) is 0 Å². The van der Waals surface area contributed by atoms with Crippen LogP contribution in [0.25, 0.3) is 6.08 Å². The van der Waals surface area contributed by atoms with Crippen molar-refractivity contribution in [2.24, 2.45) is 5.92 Å². The van der Waals surface area contributed by atoms with Gasteiger partial charge in [-0.05, 0) is 30.5 Å². The highest BCUT2D eigenvalue weighted by Crippen LogP contribution is 2.32. The molecule has 0 saturated carbocycles. The van der Waals surface area contributed by atoms with Crippen LogP contribution in [0, 0.1) is 5.92 Å². The van der Waals surface area contributed by atoms with Gasteiger partial charge in [-0.1, -0.05) is 42.5 Å². The molecule has 2 saturated heterocycles. The minimum Gasteiger partial charge on any atom is -0.472 e. The summed E-state index contributed by atoms with van der Waals surface area (Å²) >= 11 is 0. The molecule has 4 rings (SSSR count). The molecule has 4 nitrogen and oxygen atoms in total. The number of hydrogen-bond acceptors (Lipinski definition) is 3. The summed E-state index contributed by atoms with van der Waals surface area (Å²) < 4.78 is 5.04. The lowest BCUT2D eigenvalue weighted by Crippen LogP contribution is -2.37. The lowest BCUT2D eigenvalue weighted by molar-refractivity contribution is 0.0772. The van der Waals surface area contributed by atoms with E-state index in [0.29, 0.717) is 17.5 Å². The zero-order chi connectivity index (χ0) is 16.4. The summed E-state index contributed by atoms with van der Waals surface area (Å²) in [7, 11) is 0. The first kappa shape index (κ1) is 15.2. The number of fused-ring (bicyclic) bond motifs is 1. The Kier molecular flexibility index (Phi) is 4.22. The van der Waals surface area contributed by atoms with Gasteiger partial charge in [0.1, 0.15) is 6.26 Å². The summed E-state index contributed by atoms with van der Waals surface area (Å²) in [6.07, 6.45) is 8.69. The topological polar surface area (TPSA) is 36.7 Å². The fourth-order valence-corrected chi connectivity index (χ4v) is 3.90. The number of rotatable bonds is 4. The molecule has 0 radical (unpaired) electrons. The van der Waals surface area contributed by atoms with Crippen molar-refractivity contribution in [1.29, 1.82) is 0 Å². The van der Waals surface area contributed by atoms with Crippen LogP contribution >= 0.6 is 0 Å². The Morgan fingerprint density at radius 1 is 1.21 bits per heavy atom. The summed E-state index contributed by atoms with van der Waals surface area (Å²) in [5.41, 5.74) is 1.89. The molecule has 1 aromatic heterocycles. The molecule has 1 aromatic carbocycles. The van der Waals surface area contributed by atoms with E-state index in [0.717, 1.165) is 26.2 Å². The van der Waals surface area contributed by atoms with Crippen LogP contribution in [0.15, 0.2) is 59.4 Å². The number of furan rings is 1. The van der Waals surface area contributed by atoms with E-state index in [9.17, 15) is 4.79 Å². The molecule has 0 N–H and O–H groups in total. The second kappa shape index (κ2) is 6.65. The maximum atomic E-state index is 12.5. The Labute approximate surface area is 142 Å². The number of hydrogen-bond donors (Lipinski definition) is 0. The molecule has 24 heavy (non-hydrogen) atoms. The average molecular weight is 322 g/mol. The van der Waals surface area contributed by atoms with Crippen molar-refractivity contribution in [3.63, 3.8) is 0 Å². The first-order chi connectivity index (χ1) is 11.8. The van der Waals surface area contributed by atoms with Crippen molar-refractivity contribution in [3.05, 3.63) is 66.1 Å². The van der Waals surface area contributed by atoms with Gasteiger partial charge in [0.05, 0.1) is 11.8 Å². The van der Waals surface area contributed by atoms with Gasteiger partial charge in [-0.2, -0.15) is 0 Å². The molecular weight excluding hydrogens is 300 g/mol. The minimum absolute atomic E-state index is 0.0953. The van der Waals surface area contributed by atoms with Crippen LogP contribution in [-0.4, -0.2) is 47.9 Å². The van der Waals surface area contributed by atoms with E-state index in [1.807, 2.05) is 11.0 Å². The van der Waals surface area contributed by atoms with Gasteiger partial charge in [-0.15, -0.1) is 0 Å². The van der Waals surface area contributed by atoms with Gasteiger partial charge in [0.25, 0.3) is 5.91 Å². The molecule has 124 valence electrons. The van der Waals surface area contributed by atoms with Crippen LogP contribution in [-0.2, 0) is 0 Å². The van der Waals surface area contributed by atoms with E-state index in [-0.39, 0.29) is 5.91 Å². The SMILES string of the molecule is O=C(c1ccoc1)N1C[C@@H]2CCN(C/C=C/c3ccccc3)[C@@H]2C1. The maximum absolute atomic E-state index is 12.5. The number of benzene rings is 1. The van der Waals surface area contributed by atoms with Crippen LogP contribution in [0.1, 0.15) is 22.3 Å². The van der Waals surface area contributed by atoms with Crippen LogP contribution < -0.4 is 0 Å². The summed E-state index contributed by atoms with van der Waals surface area (Å²) in [5.74, 6) is 0.698. The number of amides is 1. The largest absolute Gasteiger partial charge is 0.472 e. The quantitative estimate of drug-likeness (QED) is 0.868. The van der Waals surface area contributed by atoms with Crippen LogP contribution in [0.3, 0.4) is 0 Å². The highest BCUT2D eigenvalue weighted by Gasteiger charge is 2.42. The van der Waals surface area contributed by atoms with E-state index in [2.05, 4.69) is 41.3 Å². The van der Waals surface area contributed by atoms with Gasteiger partial charge in [-0.3, -0.25) is 9.69 Å². The minimum atomic E-state index is 0.0953. The van der Waals surface area contributed by atoms with Crippen molar-refractivity contribution in [2.75, 3.05) is 26.2 Å². The molecule has 2 aliphatic heterocycles. The molecule has 0 bridgehead atoms. The van der Waals surface area contributed by atoms with E-state index in [1.165, 1.54) is 18.2 Å². The zero-order valence-electron chi connectivity index (χ0n) is 13.7. The van der Waals surface area contributed by atoms with Gasteiger partial charge in [0.15, 0.2) is 0 Å². The predicted octanol–water partition coefficient (Wildman–Crippen LogP) is 3.14. The highest BCUT2D eigenvalue weighted by molar-refractivity contribution is 5.94. The number of likely N-dealkylation sites (tertiary alicyclic amines) is 2. The smallest absolute Gasteiger partial charge is 0.257 e. The molecule has 2 aliphatic rings. The van der Waals surface area contributed by atoms with Crippen molar-refractivity contribution in [2.45, 2.75) is 12.5 Å². The van der Waals surface area contributed by atoms with E-state index < -0.39 is 0 Å². The first-order valence-electron chi connectivity index (χ1n) is 8.58. The monoisotopic (exact) mass is 322 g/mol. The molecular formula is C20H22N2O2.